The summed E-state index contributed by atoms with van der Waals surface area (Å²) in [5, 5.41) is 13.8. The lowest BCUT2D eigenvalue weighted by Crippen LogP contribution is -2.43. The number of rotatable bonds is 8. The van der Waals surface area contributed by atoms with E-state index in [2.05, 4.69) is 51.7 Å². The number of carbonyl (C=O) groups is 1. The normalized spacial score (nSPS) is 13.5. The molecule has 0 radical (unpaired) electrons. The molecule has 2 rings (SSSR count). The molecule has 7 nitrogen and oxygen atoms in total. The van der Waals surface area contributed by atoms with Crippen LogP contribution in [-0.4, -0.2) is 45.3 Å². The number of aryl methyl sites for hydroxylation is 1. The molecule has 0 aliphatic carbocycles. The van der Waals surface area contributed by atoms with E-state index in [1.165, 1.54) is 5.56 Å². The van der Waals surface area contributed by atoms with Gasteiger partial charge in [0.15, 0.2) is 5.82 Å². The Kier molecular flexibility index (Phi) is 6.94. The van der Waals surface area contributed by atoms with Crippen LogP contribution in [-0.2, 0) is 7.05 Å². The van der Waals surface area contributed by atoms with Crippen LogP contribution in [0.1, 0.15) is 44.2 Å². The van der Waals surface area contributed by atoms with E-state index in [9.17, 15) is 4.79 Å². The highest BCUT2D eigenvalue weighted by molar-refractivity contribution is 5.74. The second-order valence-electron chi connectivity index (χ2n) is 6.02. The number of aromatic nitrogens is 3. The van der Waals surface area contributed by atoms with Gasteiger partial charge in [0.2, 0.25) is 0 Å². The minimum absolute atomic E-state index is 0.145. The predicted octanol–water partition coefficient (Wildman–Crippen LogP) is 2.26. The van der Waals surface area contributed by atoms with Crippen LogP contribution in [0.4, 0.5) is 4.79 Å². The van der Waals surface area contributed by atoms with Crippen molar-refractivity contribution in [1.29, 1.82) is 0 Å². The number of urea groups is 1. The lowest BCUT2D eigenvalue weighted by molar-refractivity contribution is 0.205. The number of hydrogen-bond acceptors (Lipinski definition) is 4. The van der Waals surface area contributed by atoms with Crippen LogP contribution in [0.3, 0.4) is 0 Å². The Hall–Kier alpha value is -2.41. The molecule has 0 fully saturated rings. The Labute approximate surface area is 149 Å². The van der Waals surface area contributed by atoms with Crippen molar-refractivity contribution in [1.82, 2.24) is 30.3 Å². The number of carbonyl (C=O) groups excluding carboxylic acids is 1. The molecule has 0 bridgehead atoms. The van der Waals surface area contributed by atoms with Crippen molar-refractivity contribution in [3.63, 3.8) is 0 Å². The second-order valence-corrected chi connectivity index (χ2v) is 6.02. The van der Waals surface area contributed by atoms with E-state index < -0.39 is 0 Å². The molecule has 7 heteroatoms. The van der Waals surface area contributed by atoms with E-state index in [1.807, 2.05) is 32.2 Å². The summed E-state index contributed by atoms with van der Waals surface area (Å²) in [5.41, 5.74) is 1.20. The maximum Gasteiger partial charge on any atom is 0.315 e. The average Bonchev–Trinajstić information content (AvgIpc) is 3.05. The van der Waals surface area contributed by atoms with Crippen molar-refractivity contribution < 1.29 is 4.79 Å². The molecular weight excluding hydrogens is 316 g/mol. The fourth-order valence-corrected chi connectivity index (χ4v) is 2.98. The molecule has 2 N–H and O–H groups in total. The number of nitrogens with zero attached hydrogens (tertiary/aromatic N) is 4. The summed E-state index contributed by atoms with van der Waals surface area (Å²) in [6.07, 6.45) is 1.62. The van der Waals surface area contributed by atoms with Crippen molar-refractivity contribution in [2.75, 3.05) is 19.6 Å². The standard InChI is InChI=1S/C18H28N6O/c1-5-24(6-2)16(15-10-8-7-9-11-15)12-19-18(25)21-14(3)17-22-20-13-23(17)4/h7-11,13-14,16H,5-6,12H2,1-4H3,(H2,19,21,25). The van der Waals surface area contributed by atoms with Gasteiger partial charge in [-0.25, -0.2) is 4.79 Å². The van der Waals surface area contributed by atoms with Gasteiger partial charge < -0.3 is 15.2 Å². The Morgan fingerprint density at radius 3 is 2.48 bits per heavy atom. The quantitative estimate of drug-likeness (QED) is 0.770. The fraction of sp³-hybridized carbons (Fsp3) is 0.500. The van der Waals surface area contributed by atoms with Crippen LogP contribution < -0.4 is 10.6 Å². The highest BCUT2D eigenvalue weighted by atomic mass is 16.2. The number of likely N-dealkylation sites (N-methyl/N-ethyl adjacent to an activating group) is 1. The van der Waals surface area contributed by atoms with Crippen molar-refractivity contribution >= 4 is 6.03 Å². The predicted molar refractivity (Wildman–Crippen MR) is 98.1 cm³/mol. The number of nitrogens with one attached hydrogen (secondary N) is 2. The Morgan fingerprint density at radius 1 is 1.24 bits per heavy atom. The molecule has 1 aromatic heterocycles. The molecule has 0 aliphatic heterocycles. The summed E-state index contributed by atoms with van der Waals surface area (Å²) < 4.78 is 1.80. The molecule has 136 valence electrons. The summed E-state index contributed by atoms with van der Waals surface area (Å²) in [7, 11) is 1.86. The summed E-state index contributed by atoms with van der Waals surface area (Å²) in [5.74, 6) is 0.721. The molecular formula is C18H28N6O. The zero-order valence-corrected chi connectivity index (χ0v) is 15.4. The zero-order valence-electron chi connectivity index (χ0n) is 15.4. The Balaban J connectivity index is 1.97. The topological polar surface area (TPSA) is 75.1 Å². The van der Waals surface area contributed by atoms with Gasteiger partial charge in [0.05, 0.1) is 12.1 Å². The summed E-state index contributed by atoms with van der Waals surface area (Å²) in [6.45, 7) is 8.56. The summed E-state index contributed by atoms with van der Waals surface area (Å²) in [6, 6.07) is 10.00. The number of amides is 2. The first-order valence-electron chi connectivity index (χ1n) is 8.74. The average molecular weight is 344 g/mol. The third-order valence-electron chi connectivity index (χ3n) is 4.37. The van der Waals surface area contributed by atoms with Gasteiger partial charge in [0, 0.05) is 13.6 Å². The third kappa shape index (κ3) is 5.03. The molecule has 2 amide bonds. The molecule has 2 atom stereocenters. The second kappa shape index (κ2) is 9.17. The van der Waals surface area contributed by atoms with Crippen LogP contribution in [0, 0.1) is 0 Å². The van der Waals surface area contributed by atoms with E-state index in [0.717, 1.165) is 18.9 Å². The monoisotopic (exact) mass is 344 g/mol. The van der Waals surface area contributed by atoms with Gasteiger partial charge in [-0.15, -0.1) is 10.2 Å². The lowest BCUT2D eigenvalue weighted by atomic mass is 10.1. The summed E-state index contributed by atoms with van der Waals surface area (Å²) in [4.78, 5) is 14.6. The van der Waals surface area contributed by atoms with Gasteiger partial charge in [-0.3, -0.25) is 4.90 Å². The van der Waals surface area contributed by atoms with Crippen molar-refractivity contribution in [2.45, 2.75) is 32.9 Å². The minimum atomic E-state index is -0.212. The van der Waals surface area contributed by atoms with Crippen LogP contribution >= 0.6 is 0 Å². The minimum Gasteiger partial charge on any atom is -0.336 e. The van der Waals surface area contributed by atoms with Gasteiger partial charge in [-0.05, 0) is 25.6 Å². The first-order chi connectivity index (χ1) is 12.1. The molecule has 2 aromatic rings. The van der Waals surface area contributed by atoms with Crippen molar-refractivity contribution in [3.05, 3.63) is 48.0 Å². The lowest BCUT2D eigenvalue weighted by Gasteiger charge is -2.30. The first-order valence-corrected chi connectivity index (χ1v) is 8.74. The first kappa shape index (κ1) is 18.9. The molecule has 1 heterocycles. The molecule has 2 unspecified atom stereocenters. The van der Waals surface area contributed by atoms with Crippen LogP contribution in [0.25, 0.3) is 0 Å². The molecule has 25 heavy (non-hydrogen) atoms. The SMILES string of the molecule is CCN(CC)C(CNC(=O)NC(C)c1nncn1C)c1ccccc1. The van der Waals surface area contributed by atoms with Gasteiger partial charge >= 0.3 is 6.03 Å². The largest absolute Gasteiger partial charge is 0.336 e. The zero-order chi connectivity index (χ0) is 18.2. The van der Waals surface area contributed by atoms with Gasteiger partial charge in [0.25, 0.3) is 0 Å². The van der Waals surface area contributed by atoms with Crippen LogP contribution in [0.2, 0.25) is 0 Å². The molecule has 0 aliphatic rings. The smallest absolute Gasteiger partial charge is 0.315 e. The van der Waals surface area contributed by atoms with E-state index in [0.29, 0.717) is 6.54 Å². The van der Waals surface area contributed by atoms with Crippen LogP contribution in [0.5, 0.6) is 0 Å². The highest BCUT2D eigenvalue weighted by Crippen LogP contribution is 2.19. The maximum absolute atomic E-state index is 12.3. The molecule has 1 aromatic carbocycles. The fourth-order valence-electron chi connectivity index (χ4n) is 2.98. The number of hydrogen-bond donors (Lipinski definition) is 2. The van der Waals surface area contributed by atoms with Gasteiger partial charge in [0.1, 0.15) is 6.33 Å². The van der Waals surface area contributed by atoms with Gasteiger partial charge in [-0.2, -0.15) is 0 Å². The number of benzene rings is 1. The highest BCUT2D eigenvalue weighted by Gasteiger charge is 2.20. The molecule has 0 saturated heterocycles. The molecule has 0 saturated carbocycles. The van der Waals surface area contributed by atoms with E-state index in [-0.39, 0.29) is 18.1 Å². The van der Waals surface area contributed by atoms with E-state index in [4.69, 9.17) is 0 Å². The van der Waals surface area contributed by atoms with Crippen molar-refractivity contribution in [3.8, 4) is 0 Å². The maximum atomic E-state index is 12.3. The van der Waals surface area contributed by atoms with Crippen LogP contribution in [0.15, 0.2) is 36.7 Å². The van der Waals surface area contributed by atoms with Crippen molar-refractivity contribution in [2.24, 2.45) is 7.05 Å². The third-order valence-corrected chi connectivity index (χ3v) is 4.37. The van der Waals surface area contributed by atoms with E-state index in [1.54, 1.807) is 10.9 Å². The van der Waals surface area contributed by atoms with E-state index >= 15 is 0 Å². The summed E-state index contributed by atoms with van der Waals surface area (Å²) >= 11 is 0. The Morgan fingerprint density at radius 2 is 1.92 bits per heavy atom. The Bertz CT molecular complexity index is 653. The molecule has 0 spiro atoms. The van der Waals surface area contributed by atoms with Gasteiger partial charge in [-0.1, -0.05) is 44.2 Å².